The molecule has 3 nitrogen and oxygen atoms in total. The number of aromatic nitrogens is 1. The Hall–Kier alpha value is -1.13. The van der Waals surface area contributed by atoms with E-state index in [1.54, 1.807) is 0 Å². The Balaban J connectivity index is 2.36. The van der Waals surface area contributed by atoms with Crippen molar-refractivity contribution in [2.24, 2.45) is 0 Å². The molecule has 0 bridgehead atoms. The lowest BCUT2D eigenvalue weighted by atomic mass is 10.1. The minimum Gasteiger partial charge on any atom is -0.433 e. The topological polar surface area (TPSA) is 46.3 Å². The van der Waals surface area contributed by atoms with Crippen LogP contribution in [0.25, 0.3) is 11.3 Å². The Morgan fingerprint density at radius 2 is 2.00 bits per heavy atom. The van der Waals surface area contributed by atoms with Gasteiger partial charge >= 0.3 is 0 Å². The number of aliphatic hydroxyl groups is 1. The summed E-state index contributed by atoms with van der Waals surface area (Å²) in [5, 5.41) is 8.81. The second kappa shape index (κ2) is 4.80. The van der Waals surface area contributed by atoms with Crippen molar-refractivity contribution in [3.63, 3.8) is 0 Å². The summed E-state index contributed by atoms with van der Waals surface area (Å²) in [6.07, 6.45) is 0.435. The number of hydrogen-bond acceptors (Lipinski definition) is 3. The van der Waals surface area contributed by atoms with Crippen molar-refractivity contribution >= 4 is 15.9 Å². The minimum absolute atomic E-state index is 0.0420. The average Bonchev–Trinajstić information content (AvgIpc) is 2.61. The summed E-state index contributed by atoms with van der Waals surface area (Å²) in [4.78, 5) is 4.33. The fraction of sp³-hybridized carbons (Fsp3) is 0.250. The van der Waals surface area contributed by atoms with Crippen LogP contribution in [-0.2, 0) is 6.42 Å². The summed E-state index contributed by atoms with van der Waals surface area (Å²) in [6.45, 7) is 2.08. The summed E-state index contributed by atoms with van der Waals surface area (Å²) >= 11 is 3.33. The fourth-order valence-corrected chi connectivity index (χ4v) is 1.94. The first-order valence-corrected chi connectivity index (χ1v) is 5.83. The number of nitrogens with zero attached hydrogens (tertiary/aromatic N) is 1. The van der Waals surface area contributed by atoms with Gasteiger partial charge in [-0.1, -0.05) is 29.8 Å². The highest BCUT2D eigenvalue weighted by molar-refractivity contribution is 9.10. The van der Waals surface area contributed by atoms with E-state index in [9.17, 15) is 0 Å². The third-order valence-corrected chi connectivity index (χ3v) is 2.82. The third kappa shape index (κ3) is 2.33. The second-order valence-corrected chi connectivity index (χ2v) is 4.29. The Kier molecular flexibility index (Phi) is 3.41. The van der Waals surface area contributed by atoms with Crippen LogP contribution in [0.5, 0.6) is 0 Å². The predicted molar refractivity (Wildman–Crippen MR) is 65.2 cm³/mol. The molecule has 0 amide bonds. The van der Waals surface area contributed by atoms with Crippen molar-refractivity contribution < 1.29 is 9.52 Å². The van der Waals surface area contributed by atoms with E-state index in [-0.39, 0.29) is 6.61 Å². The molecule has 4 heteroatoms. The fourth-order valence-electron chi connectivity index (χ4n) is 1.44. The maximum absolute atomic E-state index is 8.81. The van der Waals surface area contributed by atoms with E-state index in [0.29, 0.717) is 17.0 Å². The lowest BCUT2D eigenvalue weighted by Gasteiger charge is -1.97. The summed E-state index contributed by atoms with van der Waals surface area (Å²) in [5.41, 5.74) is 2.99. The molecule has 1 aromatic heterocycles. The van der Waals surface area contributed by atoms with Crippen LogP contribution in [-0.4, -0.2) is 16.7 Å². The van der Waals surface area contributed by atoms with E-state index >= 15 is 0 Å². The van der Waals surface area contributed by atoms with Gasteiger partial charge in [-0.15, -0.1) is 0 Å². The summed E-state index contributed by atoms with van der Waals surface area (Å²) in [5.74, 6) is 0.546. The van der Waals surface area contributed by atoms with Crippen LogP contribution in [0.4, 0.5) is 0 Å². The van der Waals surface area contributed by atoms with Crippen molar-refractivity contribution in [1.29, 1.82) is 0 Å². The van der Waals surface area contributed by atoms with E-state index < -0.39 is 0 Å². The lowest BCUT2D eigenvalue weighted by Crippen LogP contribution is -1.90. The number of oxazole rings is 1. The number of benzene rings is 1. The Bertz CT molecular complexity index is 476. The quantitative estimate of drug-likeness (QED) is 0.941. The predicted octanol–water partition coefficient (Wildman–Crippen LogP) is 2.95. The van der Waals surface area contributed by atoms with Crippen molar-refractivity contribution in [1.82, 2.24) is 4.98 Å². The van der Waals surface area contributed by atoms with Crippen molar-refractivity contribution in [3.05, 3.63) is 40.4 Å². The number of aliphatic hydroxyl groups excluding tert-OH is 1. The molecule has 1 aromatic carbocycles. The standard InChI is InChI=1S/C12H12BrNO2/c1-8-2-4-9(5-3-8)11-12(13)16-10(14-11)6-7-15/h2-5,15H,6-7H2,1H3. The zero-order chi connectivity index (χ0) is 11.5. The van der Waals surface area contributed by atoms with Gasteiger partial charge in [0.2, 0.25) is 0 Å². The van der Waals surface area contributed by atoms with Gasteiger partial charge in [-0.05, 0) is 22.9 Å². The number of hydrogen-bond donors (Lipinski definition) is 1. The Morgan fingerprint density at radius 1 is 1.31 bits per heavy atom. The highest BCUT2D eigenvalue weighted by atomic mass is 79.9. The van der Waals surface area contributed by atoms with E-state index in [1.165, 1.54) is 5.56 Å². The highest BCUT2D eigenvalue weighted by Crippen LogP contribution is 2.28. The zero-order valence-corrected chi connectivity index (χ0v) is 10.5. The van der Waals surface area contributed by atoms with Crippen LogP contribution in [0, 0.1) is 6.92 Å². The molecule has 2 rings (SSSR count). The smallest absolute Gasteiger partial charge is 0.198 e. The van der Waals surface area contributed by atoms with E-state index in [1.807, 2.05) is 31.2 Å². The monoisotopic (exact) mass is 281 g/mol. The molecule has 84 valence electrons. The van der Waals surface area contributed by atoms with Crippen LogP contribution < -0.4 is 0 Å². The molecule has 0 unspecified atom stereocenters. The highest BCUT2D eigenvalue weighted by Gasteiger charge is 2.12. The van der Waals surface area contributed by atoms with E-state index in [2.05, 4.69) is 20.9 Å². The summed E-state index contributed by atoms with van der Waals surface area (Å²) < 4.78 is 6.00. The van der Waals surface area contributed by atoms with Gasteiger partial charge in [-0.3, -0.25) is 0 Å². The molecule has 0 atom stereocenters. The lowest BCUT2D eigenvalue weighted by molar-refractivity contribution is 0.284. The third-order valence-electron chi connectivity index (χ3n) is 2.28. The van der Waals surface area contributed by atoms with Crippen LogP contribution in [0.1, 0.15) is 11.5 Å². The first kappa shape index (κ1) is 11.4. The number of halogens is 1. The Labute approximate surface area is 102 Å². The molecule has 0 saturated carbocycles. The molecule has 0 spiro atoms. The molecule has 0 aliphatic heterocycles. The molecular formula is C12H12BrNO2. The largest absolute Gasteiger partial charge is 0.433 e. The molecule has 0 radical (unpaired) electrons. The van der Waals surface area contributed by atoms with Gasteiger partial charge in [-0.2, -0.15) is 0 Å². The van der Waals surface area contributed by atoms with Crippen molar-refractivity contribution in [2.75, 3.05) is 6.61 Å². The van der Waals surface area contributed by atoms with Gasteiger partial charge in [0.1, 0.15) is 5.69 Å². The SMILES string of the molecule is Cc1ccc(-c2nc(CCO)oc2Br)cc1. The first-order chi connectivity index (χ1) is 7.70. The maximum atomic E-state index is 8.81. The minimum atomic E-state index is 0.0420. The molecule has 1 N–H and O–H groups in total. The van der Waals surface area contributed by atoms with Gasteiger partial charge in [0.25, 0.3) is 0 Å². The molecule has 1 heterocycles. The molecular weight excluding hydrogens is 270 g/mol. The van der Waals surface area contributed by atoms with Crippen molar-refractivity contribution in [3.8, 4) is 11.3 Å². The Morgan fingerprint density at radius 3 is 2.62 bits per heavy atom. The first-order valence-electron chi connectivity index (χ1n) is 5.04. The molecule has 0 fully saturated rings. The van der Waals surface area contributed by atoms with Gasteiger partial charge in [0, 0.05) is 12.0 Å². The van der Waals surface area contributed by atoms with Crippen LogP contribution >= 0.6 is 15.9 Å². The second-order valence-electron chi connectivity index (χ2n) is 3.57. The normalized spacial score (nSPS) is 10.7. The van der Waals surface area contributed by atoms with E-state index in [4.69, 9.17) is 9.52 Å². The van der Waals surface area contributed by atoms with E-state index in [0.717, 1.165) is 11.3 Å². The molecule has 0 saturated heterocycles. The summed E-state index contributed by atoms with van der Waals surface area (Å²) in [7, 11) is 0. The zero-order valence-electron chi connectivity index (χ0n) is 8.90. The molecule has 2 aromatic rings. The summed E-state index contributed by atoms with van der Waals surface area (Å²) in [6, 6.07) is 8.06. The van der Waals surface area contributed by atoms with Gasteiger partial charge in [0.15, 0.2) is 10.6 Å². The van der Waals surface area contributed by atoms with Crippen LogP contribution in [0.15, 0.2) is 33.4 Å². The average molecular weight is 282 g/mol. The number of rotatable bonds is 3. The molecule has 0 aliphatic carbocycles. The number of aryl methyl sites for hydroxylation is 1. The molecule has 0 aliphatic rings. The van der Waals surface area contributed by atoms with Crippen LogP contribution in [0.2, 0.25) is 0 Å². The molecule has 16 heavy (non-hydrogen) atoms. The van der Waals surface area contributed by atoms with Crippen molar-refractivity contribution in [2.45, 2.75) is 13.3 Å². The maximum Gasteiger partial charge on any atom is 0.198 e. The van der Waals surface area contributed by atoms with Gasteiger partial charge < -0.3 is 9.52 Å². The van der Waals surface area contributed by atoms with Gasteiger partial charge in [-0.25, -0.2) is 4.98 Å². The van der Waals surface area contributed by atoms with Gasteiger partial charge in [0.05, 0.1) is 6.61 Å². The van der Waals surface area contributed by atoms with Crippen LogP contribution in [0.3, 0.4) is 0 Å².